The fourth-order valence-electron chi connectivity index (χ4n) is 3.04. The molecule has 1 heterocycles. The number of carbonyl (C=O) groups excluding carboxylic acids is 1. The zero-order valence-corrected chi connectivity index (χ0v) is 14.4. The van der Waals surface area contributed by atoms with Crippen molar-refractivity contribution in [3.05, 3.63) is 71.9 Å². The van der Waals surface area contributed by atoms with Crippen LogP contribution in [0, 0.1) is 0 Å². The van der Waals surface area contributed by atoms with Crippen molar-refractivity contribution in [3.8, 4) is 0 Å². The Bertz CT molecular complexity index is 826. The van der Waals surface area contributed by atoms with E-state index in [1.165, 1.54) is 0 Å². The number of carbonyl (C=O) groups is 1. The maximum Gasteiger partial charge on any atom is 0.220 e. The van der Waals surface area contributed by atoms with Crippen LogP contribution in [0.15, 0.2) is 60.8 Å². The third-order valence-electron chi connectivity index (χ3n) is 4.55. The van der Waals surface area contributed by atoms with Gasteiger partial charge in [-0.15, -0.1) is 0 Å². The summed E-state index contributed by atoms with van der Waals surface area (Å²) in [5, 5.41) is 14.4. The Hall–Kier alpha value is -2.59. The van der Waals surface area contributed by atoms with Gasteiger partial charge in [0.15, 0.2) is 0 Å². The minimum absolute atomic E-state index is 0.0371. The van der Waals surface area contributed by atoms with Gasteiger partial charge in [0.05, 0.1) is 12.1 Å². The van der Waals surface area contributed by atoms with E-state index in [-0.39, 0.29) is 11.9 Å². The van der Waals surface area contributed by atoms with Gasteiger partial charge in [0.1, 0.15) is 0 Å². The molecule has 0 saturated heterocycles. The molecule has 3 N–H and O–H groups in total. The fraction of sp³-hybridized carbons (Fsp3) is 0.286. The molecule has 2 unspecified atom stereocenters. The highest BCUT2D eigenvalue weighted by Gasteiger charge is 2.17. The fourth-order valence-corrected chi connectivity index (χ4v) is 3.04. The van der Waals surface area contributed by atoms with Gasteiger partial charge in [-0.25, -0.2) is 0 Å². The van der Waals surface area contributed by atoms with Crippen molar-refractivity contribution in [1.29, 1.82) is 0 Å². The highest BCUT2D eigenvalue weighted by Crippen LogP contribution is 2.19. The molecule has 4 nitrogen and oxygen atoms in total. The zero-order chi connectivity index (χ0) is 17.6. The number of aliphatic hydroxyl groups excluding tert-OH is 1. The molecule has 1 amide bonds. The van der Waals surface area contributed by atoms with Crippen LogP contribution in [0.1, 0.15) is 24.5 Å². The Kier molecular flexibility index (Phi) is 5.51. The quantitative estimate of drug-likeness (QED) is 0.620. The van der Waals surface area contributed by atoms with Gasteiger partial charge in [-0.3, -0.25) is 4.79 Å². The number of para-hydroxylation sites is 1. The normalized spacial score (nSPS) is 13.5. The first kappa shape index (κ1) is 17.2. The molecule has 0 aliphatic heterocycles. The van der Waals surface area contributed by atoms with Crippen LogP contribution in [-0.2, 0) is 17.6 Å². The lowest BCUT2D eigenvalue weighted by atomic mass is 10.0. The number of hydrogen-bond donors (Lipinski definition) is 3. The molecule has 2 aromatic carbocycles. The van der Waals surface area contributed by atoms with Crippen LogP contribution in [0.2, 0.25) is 0 Å². The van der Waals surface area contributed by atoms with Crippen molar-refractivity contribution < 1.29 is 9.90 Å². The van der Waals surface area contributed by atoms with Gasteiger partial charge in [0.25, 0.3) is 0 Å². The monoisotopic (exact) mass is 336 g/mol. The van der Waals surface area contributed by atoms with Crippen LogP contribution in [0.4, 0.5) is 0 Å². The highest BCUT2D eigenvalue weighted by atomic mass is 16.3. The number of nitrogens with one attached hydrogen (secondary N) is 2. The number of amides is 1. The number of aryl methyl sites for hydroxylation is 1. The van der Waals surface area contributed by atoms with E-state index < -0.39 is 6.10 Å². The molecule has 0 saturated carbocycles. The Morgan fingerprint density at radius 2 is 1.84 bits per heavy atom. The number of aliphatic hydroxyl groups is 1. The van der Waals surface area contributed by atoms with Gasteiger partial charge < -0.3 is 15.4 Å². The van der Waals surface area contributed by atoms with Crippen LogP contribution in [0.3, 0.4) is 0 Å². The van der Waals surface area contributed by atoms with Crippen molar-refractivity contribution in [2.75, 3.05) is 0 Å². The Morgan fingerprint density at radius 1 is 1.12 bits per heavy atom. The summed E-state index contributed by atoms with van der Waals surface area (Å²) in [6.07, 6.45) is 2.98. The summed E-state index contributed by atoms with van der Waals surface area (Å²) in [5.74, 6) is -0.0371. The molecule has 0 aliphatic rings. The van der Waals surface area contributed by atoms with Crippen molar-refractivity contribution in [2.45, 2.75) is 38.3 Å². The SMILES string of the molecule is CC(NC(=O)CCc1c[nH]c2ccccc12)C(O)Cc1ccccc1. The van der Waals surface area contributed by atoms with E-state index in [1.54, 1.807) is 0 Å². The zero-order valence-electron chi connectivity index (χ0n) is 14.4. The molecule has 0 aliphatic carbocycles. The molecule has 1 aromatic heterocycles. The van der Waals surface area contributed by atoms with Gasteiger partial charge >= 0.3 is 0 Å². The number of hydrogen-bond acceptors (Lipinski definition) is 2. The van der Waals surface area contributed by atoms with E-state index in [2.05, 4.69) is 16.4 Å². The molecule has 0 spiro atoms. The Labute approximate surface area is 147 Å². The molecular weight excluding hydrogens is 312 g/mol. The molecule has 4 heteroatoms. The molecule has 3 rings (SSSR count). The van der Waals surface area contributed by atoms with Crippen molar-refractivity contribution in [1.82, 2.24) is 10.3 Å². The van der Waals surface area contributed by atoms with Crippen molar-refractivity contribution >= 4 is 16.8 Å². The molecule has 25 heavy (non-hydrogen) atoms. The van der Waals surface area contributed by atoms with Gasteiger partial charge in [0, 0.05) is 29.9 Å². The van der Waals surface area contributed by atoms with Gasteiger partial charge in [-0.1, -0.05) is 48.5 Å². The first-order valence-corrected chi connectivity index (χ1v) is 8.70. The summed E-state index contributed by atoms with van der Waals surface area (Å²) in [5.41, 5.74) is 3.29. The lowest BCUT2D eigenvalue weighted by Crippen LogP contribution is -2.42. The van der Waals surface area contributed by atoms with E-state index in [1.807, 2.05) is 61.7 Å². The summed E-state index contributed by atoms with van der Waals surface area (Å²) in [4.78, 5) is 15.4. The van der Waals surface area contributed by atoms with Crippen LogP contribution in [-0.4, -0.2) is 28.1 Å². The molecule has 0 radical (unpaired) electrons. The number of aromatic nitrogens is 1. The van der Waals surface area contributed by atoms with Crippen LogP contribution in [0.5, 0.6) is 0 Å². The minimum atomic E-state index is -0.598. The first-order valence-electron chi connectivity index (χ1n) is 8.70. The maximum absolute atomic E-state index is 12.2. The lowest BCUT2D eigenvalue weighted by Gasteiger charge is -2.20. The largest absolute Gasteiger partial charge is 0.391 e. The van der Waals surface area contributed by atoms with Gasteiger partial charge in [-0.2, -0.15) is 0 Å². The average Bonchev–Trinajstić information content (AvgIpc) is 3.04. The molecule has 2 atom stereocenters. The molecule has 130 valence electrons. The van der Waals surface area contributed by atoms with Crippen LogP contribution >= 0.6 is 0 Å². The topological polar surface area (TPSA) is 65.1 Å². The highest BCUT2D eigenvalue weighted by molar-refractivity contribution is 5.84. The molecule has 3 aromatic rings. The third-order valence-corrected chi connectivity index (χ3v) is 4.55. The second-order valence-corrected chi connectivity index (χ2v) is 6.47. The average molecular weight is 336 g/mol. The predicted octanol–water partition coefficient (Wildman–Crippen LogP) is 3.21. The standard InChI is InChI=1S/C21H24N2O2/c1-15(20(24)13-16-7-3-2-4-8-16)23-21(25)12-11-17-14-22-19-10-6-5-9-18(17)19/h2-10,14-15,20,22,24H,11-13H2,1H3,(H,23,25). The Morgan fingerprint density at radius 3 is 2.64 bits per heavy atom. The van der Waals surface area contributed by atoms with Crippen LogP contribution < -0.4 is 5.32 Å². The number of fused-ring (bicyclic) bond motifs is 1. The first-order chi connectivity index (χ1) is 12.1. The van der Waals surface area contributed by atoms with Gasteiger partial charge in [0.2, 0.25) is 5.91 Å². The van der Waals surface area contributed by atoms with E-state index >= 15 is 0 Å². The van der Waals surface area contributed by atoms with Crippen LogP contribution in [0.25, 0.3) is 10.9 Å². The summed E-state index contributed by atoms with van der Waals surface area (Å²) in [6.45, 7) is 1.84. The smallest absolute Gasteiger partial charge is 0.220 e. The van der Waals surface area contributed by atoms with Gasteiger partial charge in [-0.05, 0) is 30.5 Å². The summed E-state index contributed by atoms with van der Waals surface area (Å²) in [7, 11) is 0. The summed E-state index contributed by atoms with van der Waals surface area (Å²) in [6, 6.07) is 17.6. The predicted molar refractivity (Wildman–Crippen MR) is 100 cm³/mol. The van der Waals surface area contributed by atoms with E-state index in [9.17, 15) is 9.90 Å². The number of rotatable bonds is 7. The number of aromatic amines is 1. The third kappa shape index (κ3) is 4.48. The summed E-state index contributed by atoms with van der Waals surface area (Å²) < 4.78 is 0. The molecule has 0 fully saturated rings. The minimum Gasteiger partial charge on any atom is -0.391 e. The summed E-state index contributed by atoms with van der Waals surface area (Å²) >= 11 is 0. The molecular formula is C21H24N2O2. The number of H-pyrrole nitrogens is 1. The van der Waals surface area contributed by atoms with Crippen molar-refractivity contribution in [3.63, 3.8) is 0 Å². The van der Waals surface area contributed by atoms with E-state index in [4.69, 9.17) is 0 Å². The van der Waals surface area contributed by atoms with E-state index in [0.717, 1.165) is 22.0 Å². The molecule has 0 bridgehead atoms. The second-order valence-electron chi connectivity index (χ2n) is 6.47. The number of benzene rings is 2. The second kappa shape index (κ2) is 7.99. The van der Waals surface area contributed by atoms with E-state index in [0.29, 0.717) is 19.3 Å². The maximum atomic E-state index is 12.2. The Balaban J connectivity index is 1.50. The van der Waals surface area contributed by atoms with Crippen molar-refractivity contribution in [2.24, 2.45) is 0 Å². The lowest BCUT2D eigenvalue weighted by molar-refractivity contribution is -0.122.